The number of benzene rings is 2. The molecule has 1 aromatic heterocycles. The Morgan fingerprint density at radius 3 is 2.80 bits per heavy atom. The third-order valence-electron chi connectivity index (χ3n) is 3.51. The van der Waals surface area contributed by atoms with Crippen molar-refractivity contribution in [3.05, 3.63) is 72.7 Å². The molecule has 2 aromatic carbocycles. The molecule has 126 valence electrons. The molecule has 0 unspecified atom stereocenters. The molecule has 0 radical (unpaired) electrons. The van der Waals surface area contributed by atoms with E-state index in [-0.39, 0.29) is 11.1 Å². The van der Waals surface area contributed by atoms with Gasteiger partial charge in [-0.15, -0.1) is 0 Å². The molecule has 0 saturated carbocycles. The quantitative estimate of drug-likeness (QED) is 0.411. The number of nitro groups is 1. The molecule has 0 aliphatic carbocycles. The fourth-order valence-corrected chi connectivity index (χ4v) is 2.80. The molecule has 0 spiro atoms. The number of nitrogens with zero attached hydrogens (tertiary/aromatic N) is 4. The van der Waals surface area contributed by atoms with E-state index >= 15 is 0 Å². The molecule has 1 N–H and O–H groups in total. The van der Waals surface area contributed by atoms with Crippen molar-refractivity contribution < 1.29 is 10.0 Å². The maximum Gasteiger partial charge on any atom is 0.312 e. The summed E-state index contributed by atoms with van der Waals surface area (Å²) in [5.74, 6) is -0.180. The van der Waals surface area contributed by atoms with E-state index in [1.165, 1.54) is 18.3 Å². The second-order valence-corrected chi connectivity index (χ2v) is 6.07. The molecule has 0 atom stereocenters. The topological polar surface area (TPSA) is 111 Å². The normalized spacial score (nSPS) is 11.3. The summed E-state index contributed by atoms with van der Waals surface area (Å²) in [6.07, 6.45) is 1.18. The van der Waals surface area contributed by atoms with Crippen LogP contribution in [0.3, 0.4) is 0 Å². The molecule has 9 heteroatoms. The summed E-state index contributed by atoms with van der Waals surface area (Å²) in [5, 5.41) is 25.4. The van der Waals surface area contributed by atoms with Gasteiger partial charge >= 0.3 is 5.69 Å². The number of aromatic nitrogens is 2. The zero-order valence-electron chi connectivity index (χ0n) is 12.9. The molecule has 0 amide bonds. The van der Waals surface area contributed by atoms with Gasteiger partial charge in [0.1, 0.15) is 5.82 Å². The minimum absolute atomic E-state index is 0.0977. The van der Waals surface area contributed by atoms with Gasteiger partial charge in [-0.05, 0) is 25.1 Å². The molecular weight excluding hydrogens is 392 g/mol. The van der Waals surface area contributed by atoms with Crippen molar-refractivity contribution in [3.8, 4) is 5.75 Å². The van der Waals surface area contributed by atoms with Gasteiger partial charge in [0.05, 0.1) is 22.0 Å². The van der Waals surface area contributed by atoms with Crippen LogP contribution in [-0.2, 0) is 0 Å². The van der Waals surface area contributed by atoms with Crippen LogP contribution in [-0.4, -0.2) is 25.9 Å². The Kier molecular flexibility index (Phi) is 4.32. The molecule has 8 nitrogen and oxygen atoms in total. The van der Waals surface area contributed by atoms with Crippen LogP contribution < -0.4 is 5.56 Å². The summed E-state index contributed by atoms with van der Waals surface area (Å²) in [4.78, 5) is 27.1. The summed E-state index contributed by atoms with van der Waals surface area (Å²) in [5.41, 5.74) is -0.183. The Labute approximate surface area is 149 Å². The first-order valence-corrected chi connectivity index (χ1v) is 7.87. The van der Waals surface area contributed by atoms with Gasteiger partial charge in [0, 0.05) is 16.1 Å². The van der Waals surface area contributed by atoms with Gasteiger partial charge in [-0.25, -0.2) is 4.98 Å². The Hall–Kier alpha value is -3.07. The van der Waals surface area contributed by atoms with Crippen molar-refractivity contribution in [2.75, 3.05) is 0 Å². The number of hydrogen-bond donors (Lipinski definition) is 1. The SMILES string of the molecule is Cc1nc2ccccc2c(=O)n1N=Cc1cc(Br)cc([N+](=O)[O-])c1O. The van der Waals surface area contributed by atoms with E-state index in [9.17, 15) is 20.0 Å². The maximum absolute atomic E-state index is 12.5. The summed E-state index contributed by atoms with van der Waals surface area (Å²) >= 11 is 3.15. The largest absolute Gasteiger partial charge is 0.502 e. The predicted octanol–water partition coefficient (Wildman–Crippen LogP) is 2.96. The molecule has 0 aliphatic rings. The maximum atomic E-state index is 12.5. The molecule has 0 aliphatic heterocycles. The molecule has 1 heterocycles. The van der Waals surface area contributed by atoms with Crippen molar-refractivity contribution in [2.45, 2.75) is 6.92 Å². The zero-order chi connectivity index (χ0) is 18.1. The number of fused-ring (bicyclic) bond motifs is 1. The highest BCUT2D eigenvalue weighted by Crippen LogP contribution is 2.32. The number of phenolic OH excluding ortho intramolecular Hbond substituents is 1. The number of aromatic hydroxyl groups is 1. The van der Waals surface area contributed by atoms with Crippen molar-refractivity contribution >= 4 is 38.7 Å². The minimum atomic E-state index is -0.702. The van der Waals surface area contributed by atoms with Gasteiger partial charge < -0.3 is 5.11 Å². The number of aryl methyl sites for hydroxylation is 1. The van der Waals surface area contributed by atoms with Gasteiger partial charge in [-0.3, -0.25) is 14.9 Å². The summed E-state index contributed by atoms with van der Waals surface area (Å²) in [7, 11) is 0. The zero-order valence-corrected chi connectivity index (χ0v) is 14.5. The fourth-order valence-electron chi connectivity index (χ4n) is 2.33. The smallest absolute Gasteiger partial charge is 0.312 e. The first-order valence-electron chi connectivity index (χ1n) is 7.08. The van der Waals surface area contributed by atoms with Crippen LogP contribution >= 0.6 is 15.9 Å². The standard InChI is InChI=1S/C16H11BrN4O4/c1-9-19-13-5-3-2-4-12(13)16(23)20(9)18-8-10-6-11(17)7-14(15(10)22)21(24)25/h2-8,22H,1H3. The van der Waals surface area contributed by atoms with E-state index in [1.54, 1.807) is 31.2 Å². The molecule has 3 rings (SSSR count). The van der Waals surface area contributed by atoms with Crippen molar-refractivity contribution in [3.63, 3.8) is 0 Å². The summed E-state index contributed by atoms with van der Waals surface area (Å²) in [6, 6.07) is 9.50. The fraction of sp³-hybridized carbons (Fsp3) is 0.0625. The average molecular weight is 403 g/mol. The van der Waals surface area contributed by atoms with Crippen molar-refractivity contribution in [1.29, 1.82) is 0 Å². The van der Waals surface area contributed by atoms with Crippen LogP contribution in [0, 0.1) is 17.0 Å². The molecule has 0 saturated heterocycles. The number of para-hydroxylation sites is 1. The van der Waals surface area contributed by atoms with Crippen LogP contribution in [0.15, 0.2) is 50.8 Å². The minimum Gasteiger partial charge on any atom is -0.502 e. The average Bonchev–Trinajstić information content (AvgIpc) is 2.57. The molecule has 3 aromatic rings. The third kappa shape index (κ3) is 3.13. The summed E-state index contributed by atoms with van der Waals surface area (Å²) in [6.45, 7) is 1.62. The first kappa shape index (κ1) is 16.8. The van der Waals surface area contributed by atoms with Crippen LogP contribution in [0.25, 0.3) is 10.9 Å². The van der Waals surface area contributed by atoms with Crippen LogP contribution in [0.4, 0.5) is 5.69 Å². The highest BCUT2D eigenvalue weighted by Gasteiger charge is 2.17. The predicted molar refractivity (Wildman–Crippen MR) is 96.2 cm³/mol. The molecule has 25 heavy (non-hydrogen) atoms. The van der Waals surface area contributed by atoms with Gasteiger partial charge in [0.25, 0.3) is 5.56 Å². The van der Waals surface area contributed by atoms with Crippen LogP contribution in [0.1, 0.15) is 11.4 Å². The van der Waals surface area contributed by atoms with E-state index in [4.69, 9.17) is 0 Å². The lowest BCUT2D eigenvalue weighted by Gasteiger charge is -2.06. The number of halogens is 1. The Morgan fingerprint density at radius 2 is 2.08 bits per heavy atom. The lowest BCUT2D eigenvalue weighted by Crippen LogP contribution is -2.20. The van der Waals surface area contributed by atoms with Crippen molar-refractivity contribution in [1.82, 2.24) is 9.66 Å². The highest BCUT2D eigenvalue weighted by atomic mass is 79.9. The van der Waals surface area contributed by atoms with Crippen LogP contribution in [0.2, 0.25) is 0 Å². The Balaban J connectivity index is 2.14. The van der Waals surface area contributed by atoms with E-state index in [2.05, 4.69) is 26.0 Å². The second-order valence-electron chi connectivity index (χ2n) is 5.16. The highest BCUT2D eigenvalue weighted by molar-refractivity contribution is 9.10. The number of phenols is 1. The number of rotatable bonds is 3. The Bertz CT molecular complexity index is 1090. The second kappa shape index (κ2) is 6.44. The molecule has 0 fully saturated rings. The van der Waals surface area contributed by atoms with Gasteiger partial charge in [0.15, 0.2) is 0 Å². The summed E-state index contributed by atoms with van der Waals surface area (Å²) < 4.78 is 1.48. The van der Waals surface area contributed by atoms with Gasteiger partial charge in [0.2, 0.25) is 5.75 Å². The molecule has 0 bridgehead atoms. The van der Waals surface area contributed by atoms with E-state index in [0.717, 1.165) is 4.68 Å². The molecular formula is C16H11BrN4O4. The lowest BCUT2D eigenvalue weighted by molar-refractivity contribution is -0.385. The van der Waals surface area contributed by atoms with Crippen LogP contribution in [0.5, 0.6) is 5.75 Å². The lowest BCUT2D eigenvalue weighted by atomic mass is 10.2. The number of hydrogen-bond acceptors (Lipinski definition) is 6. The van der Waals surface area contributed by atoms with Crippen molar-refractivity contribution in [2.24, 2.45) is 5.10 Å². The Morgan fingerprint density at radius 1 is 1.36 bits per heavy atom. The van der Waals surface area contributed by atoms with E-state index in [0.29, 0.717) is 21.2 Å². The number of nitro benzene ring substituents is 1. The monoisotopic (exact) mass is 402 g/mol. The van der Waals surface area contributed by atoms with E-state index < -0.39 is 16.4 Å². The van der Waals surface area contributed by atoms with Gasteiger partial charge in [-0.1, -0.05) is 28.1 Å². The first-order chi connectivity index (χ1) is 11.9. The third-order valence-corrected chi connectivity index (χ3v) is 3.97. The van der Waals surface area contributed by atoms with Gasteiger partial charge in [-0.2, -0.15) is 9.78 Å². The van der Waals surface area contributed by atoms with E-state index in [1.807, 2.05) is 0 Å².